The Labute approximate surface area is 311 Å². The van der Waals surface area contributed by atoms with Crippen molar-refractivity contribution in [2.45, 2.75) is 81.7 Å². The highest BCUT2D eigenvalue weighted by Crippen LogP contribution is 2.64. The van der Waals surface area contributed by atoms with Gasteiger partial charge in [-0.15, -0.1) is 11.8 Å². The summed E-state index contributed by atoms with van der Waals surface area (Å²) >= 11 is 1.50. The average Bonchev–Trinajstić information content (AvgIpc) is 3.61. The quantitative estimate of drug-likeness (QED) is 0.222. The van der Waals surface area contributed by atoms with Crippen molar-refractivity contribution in [2.75, 3.05) is 39.9 Å². The number of esters is 2. The minimum Gasteiger partial charge on any atom is -0.508 e. The molecular weight excluding hydrogens is 703 g/mol. The number of rotatable bonds is 2. The van der Waals surface area contributed by atoms with E-state index in [4.69, 9.17) is 23.7 Å². The van der Waals surface area contributed by atoms with Gasteiger partial charge in [-0.1, -0.05) is 6.07 Å². The van der Waals surface area contributed by atoms with Crippen molar-refractivity contribution in [3.8, 4) is 34.5 Å². The highest BCUT2D eigenvalue weighted by atomic mass is 32.2. The molecule has 0 radical (unpaired) electrons. The van der Waals surface area contributed by atoms with Crippen LogP contribution in [-0.2, 0) is 32.7 Å². The summed E-state index contributed by atoms with van der Waals surface area (Å²) in [7, 11) is 3.51. The molecule has 10 rings (SSSR count). The van der Waals surface area contributed by atoms with Gasteiger partial charge in [0.25, 0.3) is 0 Å². The molecule has 7 aliphatic rings. The Hall–Kier alpha value is -4.21. The number of aliphatic hydroxyl groups is 1. The molecule has 280 valence electrons. The molecule has 3 aromatic carbocycles. The Morgan fingerprint density at radius 3 is 2.55 bits per heavy atom. The molecule has 0 amide bonds. The molecule has 0 aromatic heterocycles. The maximum absolute atomic E-state index is 14.6. The van der Waals surface area contributed by atoms with Crippen molar-refractivity contribution in [1.29, 1.82) is 0 Å². The number of thioether (sulfide) groups is 1. The van der Waals surface area contributed by atoms with Crippen LogP contribution in [0.15, 0.2) is 18.2 Å². The van der Waals surface area contributed by atoms with Crippen LogP contribution in [0.25, 0.3) is 0 Å². The molecule has 7 heterocycles. The van der Waals surface area contributed by atoms with Gasteiger partial charge < -0.3 is 39.0 Å². The number of carbonyl (C=O) groups is 2. The Balaban J connectivity index is 1.32. The van der Waals surface area contributed by atoms with E-state index in [-0.39, 0.29) is 36.7 Å². The van der Waals surface area contributed by atoms with Gasteiger partial charge in [0.2, 0.25) is 6.79 Å². The number of benzene rings is 3. The van der Waals surface area contributed by atoms with Crippen LogP contribution < -0.4 is 24.3 Å². The van der Waals surface area contributed by atoms with Gasteiger partial charge in [0.05, 0.1) is 30.5 Å². The van der Waals surface area contributed by atoms with Crippen molar-refractivity contribution in [2.24, 2.45) is 0 Å². The number of carbonyl (C=O) groups excluding carboxylic acids is 2. The lowest BCUT2D eigenvalue weighted by atomic mass is 9.73. The monoisotopic (exact) mass is 745 g/mol. The van der Waals surface area contributed by atoms with Gasteiger partial charge in [0, 0.05) is 47.5 Å². The molecule has 14 heteroatoms. The lowest BCUT2D eigenvalue weighted by Crippen LogP contribution is -2.70. The summed E-state index contributed by atoms with van der Waals surface area (Å²) in [6, 6.07) is 3.49. The molecule has 4 bridgehead atoms. The number of methoxy groups -OCH3 is 1. The number of fused-ring (bicyclic) bond motifs is 9. The summed E-state index contributed by atoms with van der Waals surface area (Å²) in [6.45, 7) is 7.17. The van der Waals surface area contributed by atoms with E-state index < -0.39 is 47.1 Å². The molecule has 2 fully saturated rings. The fourth-order valence-electron chi connectivity index (χ4n) is 9.96. The van der Waals surface area contributed by atoms with E-state index in [1.165, 1.54) is 18.7 Å². The number of aryl methyl sites for hydroxylation is 2. The standard InChI is InChI=1S/C39H43N3O10S/c1-16-10-22-20(12-25(16)44)7-8-40-39(22)14-53-36-28-27(35-34(50-15-51-35)18(3)33(28)52-19(4)43)24(13-49-38(39)47)42-30(36)29-26-21(11-23(37(42)46)41(29)5)9-17(2)32(48-6)31(26)45/h9-10,12,23-24,29-30,36-37,40,44-46H,7-8,11,13-15H2,1-6H3/t23-,24?,29+,30+,36+,37-,39+/m0/s1. The summed E-state index contributed by atoms with van der Waals surface area (Å²) in [5.74, 6) is 1.09. The largest absolute Gasteiger partial charge is 0.508 e. The van der Waals surface area contributed by atoms with Crippen LogP contribution in [0.1, 0.15) is 74.3 Å². The van der Waals surface area contributed by atoms with Gasteiger partial charge in [0.1, 0.15) is 24.3 Å². The Morgan fingerprint density at radius 2 is 1.79 bits per heavy atom. The molecule has 1 unspecified atom stereocenters. The minimum atomic E-state index is -1.28. The Kier molecular flexibility index (Phi) is 7.92. The van der Waals surface area contributed by atoms with Crippen LogP contribution >= 0.6 is 11.8 Å². The SMILES string of the molecule is COc1c(C)cc2c(c1O)[C@@H]1[C@@H]3[C@@H]4SC[C@]5(NCCc6cc(O)c(C)cc65)C(=O)OCC(c5c6c(c(C)c(OC(C)=O)c54)OCO6)N3[C@@H](O)[C@H](C2)N1C. The molecule has 3 aromatic rings. The summed E-state index contributed by atoms with van der Waals surface area (Å²) in [5, 5.41) is 38.2. The smallest absolute Gasteiger partial charge is 0.331 e. The number of phenolic OH excluding ortho intramolecular Hbond substituents is 2. The number of hydrogen-bond acceptors (Lipinski definition) is 14. The van der Waals surface area contributed by atoms with Crippen LogP contribution in [0.4, 0.5) is 0 Å². The van der Waals surface area contributed by atoms with Crippen molar-refractivity contribution < 1.29 is 48.6 Å². The number of aromatic hydroxyl groups is 2. The first-order chi connectivity index (χ1) is 25.4. The van der Waals surface area contributed by atoms with Crippen LogP contribution in [0.3, 0.4) is 0 Å². The third kappa shape index (κ3) is 4.71. The van der Waals surface area contributed by atoms with Gasteiger partial charge in [-0.3, -0.25) is 19.9 Å². The Bertz CT molecular complexity index is 2110. The number of aliphatic hydroxyl groups excluding tert-OH is 1. The second-order valence-electron chi connectivity index (χ2n) is 15.0. The highest BCUT2D eigenvalue weighted by Gasteiger charge is 2.61. The van der Waals surface area contributed by atoms with E-state index in [1.54, 1.807) is 13.2 Å². The third-order valence-corrected chi connectivity index (χ3v) is 13.8. The van der Waals surface area contributed by atoms with Crippen LogP contribution in [0, 0.1) is 20.8 Å². The normalized spacial score (nSPS) is 29.8. The Morgan fingerprint density at radius 1 is 1.02 bits per heavy atom. The molecule has 4 N–H and O–H groups in total. The summed E-state index contributed by atoms with van der Waals surface area (Å²) in [4.78, 5) is 31.7. The summed E-state index contributed by atoms with van der Waals surface area (Å²) in [6.07, 6.45) is 0.0521. The maximum Gasteiger partial charge on any atom is 0.331 e. The van der Waals surface area contributed by atoms with E-state index in [2.05, 4.69) is 10.2 Å². The number of piperazine rings is 1. The second kappa shape index (κ2) is 12.2. The van der Waals surface area contributed by atoms with Crippen molar-refractivity contribution >= 4 is 23.7 Å². The minimum absolute atomic E-state index is 0.0488. The predicted octanol–water partition coefficient (Wildman–Crippen LogP) is 3.71. The number of phenols is 2. The van der Waals surface area contributed by atoms with E-state index in [1.807, 2.05) is 44.9 Å². The van der Waals surface area contributed by atoms with Crippen LogP contribution in [0.5, 0.6) is 34.5 Å². The molecule has 7 atom stereocenters. The molecule has 7 aliphatic heterocycles. The molecule has 2 saturated heterocycles. The number of nitrogens with one attached hydrogen (secondary N) is 1. The molecule has 0 saturated carbocycles. The third-order valence-electron chi connectivity index (χ3n) is 12.3. The zero-order chi connectivity index (χ0) is 37.2. The fourth-order valence-corrected chi connectivity index (χ4v) is 11.7. The first kappa shape index (κ1) is 34.6. The van der Waals surface area contributed by atoms with Crippen molar-refractivity contribution in [3.05, 3.63) is 68.3 Å². The fraction of sp³-hybridized carbons (Fsp3) is 0.487. The number of nitrogens with zero attached hydrogens (tertiary/aromatic N) is 2. The molecule has 13 nitrogen and oxygen atoms in total. The topological polar surface area (TPSA) is 159 Å². The van der Waals surface area contributed by atoms with Gasteiger partial charge in [-0.25, -0.2) is 4.79 Å². The number of hydrogen-bond donors (Lipinski definition) is 4. The van der Waals surface area contributed by atoms with E-state index >= 15 is 0 Å². The lowest BCUT2D eigenvalue weighted by molar-refractivity contribution is -0.186. The average molecular weight is 746 g/mol. The van der Waals surface area contributed by atoms with E-state index in [9.17, 15) is 24.9 Å². The first-order valence-corrected chi connectivity index (χ1v) is 19.0. The van der Waals surface area contributed by atoms with Crippen molar-refractivity contribution in [1.82, 2.24) is 15.1 Å². The maximum atomic E-state index is 14.6. The predicted molar refractivity (Wildman–Crippen MR) is 193 cm³/mol. The lowest BCUT2D eigenvalue weighted by Gasteiger charge is -2.62. The zero-order valence-electron chi connectivity index (χ0n) is 30.4. The van der Waals surface area contributed by atoms with Crippen LogP contribution in [-0.4, -0.2) is 95.2 Å². The highest BCUT2D eigenvalue weighted by molar-refractivity contribution is 7.99. The molecule has 1 spiro atoms. The second-order valence-corrected chi connectivity index (χ2v) is 16.2. The van der Waals surface area contributed by atoms with Crippen molar-refractivity contribution in [3.63, 3.8) is 0 Å². The molecular formula is C39H43N3O10S. The van der Waals surface area contributed by atoms with Gasteiger partial charge in [-0.05, 0) is 80.6 Å². The first-order valence-electron chi connectivity index (χ1n) is 18.0. The molecule has 0 aliphatic carbocycles. The van der Waals surface area contributed by atoms with Gasteiger partial charge >= 0.3 is 11.9 Å². The summed E-state index contributed by atoms with van der Waals surface area (Å²) < 4.78 is 30.4. The van der Waals surface area contributed by atoms with Gasteiger partial charge in [-0.2, -0.15) is 0 Å². The zero-order valence-corrected chi connectivity index (χ0v) is 31.3. The summed E-state index contributed by atoms with van der Waals surface area (Å²) in [5.41, 5.74) is 5.34. The number of ether oxygens (including phenoxy) is 5. The number of likely N-dealkylation sites (N-methyl/N-ethyl adjacent to an activating group) is 1. The molecule has 53 heavy (non-hydrogen) atoms. The van der Waals surface area contributed by atoms with E-state index in [0.29, 0.717) is 70.2 Å². The van der Waals surface area contributed by atoms with Crippen LogP contribution in [0.2, 0.25) is 0 Å². The van der Waals surface area contributed by atoms with E-state index in [0.717, 1.165) is 22.3 Å². The van der Waals surface area contributed by atoms with Gasteiger partial charge in [0.15, 0.2) is 28.5 Å².